The van der Waals surface area contributed by atoms with Gasteiger partial charge in [0, 0.05) is 11.6 Å². The van der Waals surface area contributed by atoms with E-state index in [1.165, 1.54) is 20.4 Å². The van der Waals surface area contributed by atoms with Gasteiger partial charge in [-0.25, -0.2) is 4.79 Å². The van der Waals surface area contributed by atoms with Gasteiger partial charge >= 0.3 is 11.9 Å². The Morgan fingerprint density at radius 1 is 1.08 bits per heavy atom. The molecule has 0 saturated heterocycles. The number of hydrogen-bond acceptors (Lipinski definition) is 6. The Morgan fingerprint density at radius 3 is 2.44 bits per heavy atom. The Kier molecular flexibility index (Phi) is 6.05. The van der Waals surface area contributed by atoms with Crippen molar-refractivity contribution in [3.8, 4) is 0 Å². The van der Waals surface area contributed by atoms with Crippen molar-refractivity contribution in [1.82, 2.24) is 10.3 Å². The number of para-hydroxylation sites is 1. The van der Waals surface area contributed by atoms with Gasteiger partial charge in [0.15, 0.2) is 0 Å². The number of nitrogens with one attached hydrogen (secondary N) is 1. The van der Waals surface area contributed by atoms with Crippen molar-refractivity contribution in [2.75, 3.05) is 14.2 Å². The first-order chi connectivity index (χ1) is 12.0. The molecule has 0 radical (unpaired) electrons. The van der Waals surface area contributed by atoms with Crippen molar-refractivity contribution in [2.45, 2.75) is 19.4 Å². The molecule has 1 aromatic heterocycles. The van der Waals surface area contributed by atoms with E-state index in [1.807, 2.05) is 6.07 Å². The lowest BCUT2D eigenvalue weighted by Crippen LogP contribution is -2.43. The van der Waals surface area contributed by atoms with Crippen molar-refractivity contribution >= 4 is 28.7 Å². The third-order valence-corrected chi connectivity index (χ3v) is 3.88. The van der Waals surface area contributed by atoms with Crippen LogP contribution in [0.3, 0.4) is 0 Å². The van der Waals surface area contributed by atoms with E-state index in [2.05, 4.69) is 15.0 Å². The fourth-order valence-electron chi connectivity index (χ4n) is 2.54. The van der Waals surface area contributed by atoms with E-state index < -0.39 is 29.8 Å². The number of ether oxygens (including phenoxy) is 2. The first-order valence-corrected chi connectivity index (χ1v) is 7.78. The molecule has 0 fully saturated rings. The van der Waals surface area contributed by atoms with Crippen LogP contribution in [0.2, 0.25) is 0 Å². The van der Waals surface area contributed by atoms with Gasteiger partial charge in [-0.3, -0.25) is 14.6 Å². The minimum Gasteiger partial charge on any atom is -0.469 e. The Labute approximate surface area is 145 Å². The maximum atomic E-state index is 12.6. The average Bonchev–Trinajstić information content (AvgIpc) is 2.65. The van der Waals surface area contributed by atoms with Crippen LogP contribution >= 0.6 is 0 Å². The predicted octanol–water partition coefficient (Wildman–Crippen LogP) is 1.71. The molecular formula is C18H20N2O5. The van der Waals surface area contributed by atoms with Crippen LogP contribution in [0.4, 0.5) is 0 Å². The van der Waals surface area contributed by atoms with Crippen LogP contribution in [-0.2, 0) is 19.1 Å². The van der Waals surface area contributed by atoms with E-state index in [0.717, 1.165) is 0 Å². The molecular weight excluding hydrogens is 324 g/mol. The molecule has 7 heteroatoms. The number of hydrogen-bond donors (Lipinski definition) is 1. The number of aromatic nitrogens is 1. The molecule has 2 aromatic rings. The number of benzene rings is 1. The van der Waals surface area contributed by atoms with Gasteiger partial charge in [-0.2, -0.15) is 0 Å². The van der Waals surface area contributed by atoms with Crippen LogP contribution in [0.1, 0.15) is 23.7 Å². The third kappa shape index (κ3) is 4.32. The molecule has 1 amide bonds. The van der Waals surface area contributed by atoms with E-state index in [9.17, 15) is 14.4 Å². The lowest BCUT2D eigenvalue weighted by Gasteiger charge is -2.19. The number of carbonyl (C=O) groups excluding carboxylic acids is 3. The molecule has 25 heavy (non-hydrogen) atoms. The summed E-state index contributed by atoms with van der Waals surface area (Å²) in [7, 11) is 2.50. The van der Waals surface area contributed by atoms with Crippen LogP contribution in [0.25, 0.3) is 10.9 Å². The highest BCUT2D eigenvalue weighted by molar-refractivity contribution is 6.07. The van der Waals surface area contributed by atoms with Gasteiger partial charge in [-0.15, -0.1) is 0 Å². The molecule has 0 bridgehead atoms. The monoisotopic (exact) mass is 344 g/mol. The third-order valence-electron chi connectivity index (χ3n) is 3.88. The number of carbonyl (C=O) groups is 3. The fourth-order valence-corrected chi connectivity index (χ4v) is 2.54. The van der Waals surface area contributed by atoms with Crippen LogP contribution in [0.15, 0.2) is 36.5 Å². The number of nitrogens with zero attached hydrogens (tertiary/aromatic N) is 1. The summed E-state index contributed by atoms with van der Waals surface area (Å²) in [5.74, 6) is -2.09. The minimum absolute atomic E-state index is 0.0775. The van der Waals surface area contributed by atoms with E-state index >= 15 is 0 Å². The second kappa shape index (κ2) is 8.23. The Bertz CT molecular complexity index is 785. The standard InChI is InChI=1S/C18H20N2O5/c1-11(17(22)24-2)10-15(18(23)25-3)20-16(21)13-8-9-19-14-7-5-4-6-12(13)14/h4-9,11,15H,10H2,1-3H3,(H,20,21)/t11-,15-/m1/s1. The quantitative estimate of drug-likeness (QED) is 0.802. The van der Waals surface area contributed by atoms with Gasteiger partial charge in [0.1, 0.15) is 6.04 Å². The number of rotatable bonds is 6. The molecule has 0 aliphatic carbocycles. The summed E-state index contributed by atoms with van der Waals surface area (Å²) >= 11 is 0. The van der Waals surface area contributed by atoms with Crippen LogP contribution in [0.5, 0.6) is 0 Å². The minimum atomic E-state index is -0.960. The van der Waals surface area contributed by atoms with Crippen LogP contribution in [-0.4, -0.2) is 43.1 Å². The Balaban J connectivity index is 2.24. The summed E-state index contributed by atoms with van der Waals surface area (Å²) in [5, 5.41) is 3.31. The number of methoxy groups -OCH3 is 2. The number of pyridine rings is 1. The highest BCUT2D eigenvalue weighted by atomic mass is 16.5. The zero-order valence-corrected chi connectivity index (χ0v) is 14.3. The SMILES string of the molecule is COC(=O)[C@H](C)C[C@@H](NC(=O)c1ccnc2ccccc12)C(=O)OC. The topological polar surface area (TPSA) is 94.6 Å². The molecule has 2 atom stereocenters. The van der Waals surface area contributed by atoms with E-state index in [4.69, 9.17) is 4.74 Å². The average molecular weight is 344 g/mol. The Morgan fingerprint density at radius 2 is 1.76 bits per heavy atom. The predicted molar refractivity (Wildman–Crippen MR) is 90.8 cm³/mol. The molecule has 0 aliphatic heterocycles. The normalized spacial score (nSPS) is 12.9. The van der Waals surface area contributed by atoms with E-state index in [-0.39, 0.29) is 6.42 Å². The highest BCUT2D eigenvalue weighted by Gasteiger charge is 2.28. The van der Waals surface area contributed by atoms with Crippen molar-refractivity contribution < 1.29 is 23.9 Å². The molecule has 0 aliphatic rings. The first kappa shape index (κ1) is 18.4. The molecule has 7 nitrogen and oxygen atoms in total. The van der Waals surface area contributed by atoms with Gasteiger partial charge in [-0.05, 0) is 18.6 Å². The van der Waals surface area contributed by atoms with Crippen molar-refractivity contribution in [3.63, 3.8) is 0 Å². The first-order valence-electron chi connectivity index (χ1n) is 7.78. The van der Waals surface area contributed by atoms with Crippen molar-refractivity contribution in [3.05, 3.63) is 42.1 Å². The lowest BCUT2D eigenvalue weighted by molar-refractivity contribution is -0.147. The van der Waals surface area contributed by atoms with Crippen LogP contribution < -0.4 is 5.32 Å². The molecule has 0 saturated carbocycles. The number of esters is 2. The number of fused-ring (bicyclic) bond motifs is 1. The largest absolute Gasteiger partial charge is 0.469 e. The molecule has 1 N–H and O–H groups in total. The van der Waals surface area contributed by atoms with Crippen molar-refractivity contribution in [2.24, 2.45) is 5.92 Å². The zero-order chi connectivity index (χ0) is 18.4. The number of amides is 1. The molecule has 0 unspecified atom stereocenters. The summed E-state index contributed by atoms with van der Waals surface area (Å²) in [6, 6.07) is 7.82. The maximum Gasteiger partial charge on any atom is 0.328 e. The van der Waals surface area contributed by atoms with Gasteiger partial charge in [-0.1, -0.05) is 25.1 Å². The molecule has 0 spiro atoms. The second-order valence-electron chi connectivity index (χ2n) is 5.58. The van der Waals surface area contributed by atoms with E-state index in [1.54, 1.807) is 31.2 Å². The van der Waals surface area contributed by atoms with Gasteiger partial charge in [0.05, 0.1) is 31.2 Å². The molecule has 132 valence electrons. The second-order valence-corrected chi connectivity index (χ2v) is 5.58. The van der Waals surface area contributed by atoms with Gasteiger partial charge in [0.2, 0.25) is 0 Å². The van der Waals surface area contributed by atoms with Gasteiger partial charge < -0.3 is 14.8 Å². The summed E-state index contributed by atoms with van der Waals surface area (Å²) in [4.78, 5) is 40.4. The van der Waals surface area contributed by atoms with Gasteiger partial charge in [0.25, 0.3) is 5.91 Å². The highest BCUT2D eigenvalue weighted by Crippen LogP contribution is 2.17. The fraction of sp³-hybridized carbons (Fsp3) is 0.333. The summed E-state index contributed by atoms with van der Waals surface area (Å²) in [6.45, 7) is 1.62. The van der Waals surface area contributed by atoms with E-state index in [0.29, 0.717) is 16.5 Å². The maximum absolute atomic E-state index is 12.6. The summed E-state index contributed by atoms with van der Waals surface area (Å²) < 4.78 is 9.39. The molecule has 1 heterocycles. The van der Waals surface area contributed by atoms with Crippen LogP contribution in [0, 0.1) is 5.92 Å². The molecule has 2 rings (SSSR count). The van der Waals surface area contributed by atoms with Crippen molar-refractivity contribution in [1.29, 1.82) is 0 Å². The summed E-state index contributed by atoms with van der Waals surface area (Å²) in [6.07, 6.45) is 1.61. The Hall–Kier alpha value is -2.96. The molecule has 1 aromatic carbocycles. The summed E-state index contributed by atoms with van der Waals surface area (Å²) in [5.41, 5.74) is 1.07. The lowest BCUT2D eigenvalue weighted by atomic mass is 10.0. The zero-order valence-electron chi connectivity index (χ0n) is 14.3. The smallest absolute Gasteiger partial charge is 0.328 e.